The molecule has 3 aliphatic carbocycles. The molecule has 0 aromatic heterocycles. The number of anilines is 1. The molecule has 2 N–H and O–H groups in total. The first-order chi connectivity index (χ1) is 21.9. The van der Waals surface area contributed by atoms with Crippen molar-refractivity contribution >= 4 is 33.2 Å². The van der Waals surface area contributed by atoms with Gasteiger partial charge in [-0.25, -0.2) is 13.1 Å². The number of aryl methyl sites for hydroxylation is 1. The minimum atomic E-state index is -3.96. The van der Waals surface area contributed by atoms with Gasteiger partial charge >= 0.3 is 0 Å². The van der Waals surface area contributed by atoms with Gasteiger partial charge in [-0.1, -0.05) is 42.8 Å². The maximum atomic E-state index is 13.5. The topological polar surface area (TPSA) is 95.9 Å². The van der Waals surface area contributed by atoms with Gasteiger partial charge in [0.2, 0.25) is 10.0 Å². The van der Waals surface area contributed by atoms with E-state index in [-0.39, 0.29) is 28.2 Å². The average Bonchev–Trinajstić information content (AvgIpc) is 3.61. The van der Waals surface area contributed by atoms with Gasteiger partial charge in [0.05, 0.1) is 23.1 Å². The lowest BCUT2D eigenvalue weighted by Crippen LogP contribution is -2.54. The Labute approximate surface area is 278 Å². The number of allylic oxidation sites excluding steroid dienone is 2. The van der Waals surface area contributed by atoms with Crippen LogP contribution in [0.3, 0.4) is 0 Å². The van der Waals surface area contributed by atoms with Crippen LogP contribution >= 0.6 is 11.6 Å². The molecule has 9 heteroatoms. The summed E-state index contributed by atoms with van der Waals surface area (Å²) in [6, 6.07) is 11.5. The van der Waals surface area contributed by atoms with Gasteiger partial charge in [0.1, 0.15) is 5.75 Å². The Bertz CT molecular complexity index is 1710. The van der Waals surface area contributed by atoms with Crippen LogP contribution in [-0.2, 0) is 21.9 Å². The Kier molecular flexibility index (Phi) is 7.88. The fraction of sp³-hybridized carbons (Fsp3) is 0.541. The van der Waals surface area contributed by atoms with E-state index in [0.717, 1.165) is 49.4 Å². The maximum absolute atomic E-state index is 13.5. The van der Waals surface area contributed by atoms with Gasteiger partial charge in [-0.15, -0.1) is 6.58 Å². The first-order valence-electron chi connectivity index (χ1n) is 16.8. The number of benzene rings is 2. The number of amides is 1. The van der Waals surface area contributed by atoms with Gasteiger partial charge in [0, 0.05) is 29.1 Å². The molecule has 7 nitrogen and oxygen atoms in total. The highest BCUT2D eigenvalue weighted by Gasteiger charge is 2.72. The molecule has 0 radical (unpaired) electrons. The molecule has 1 amide bonds. The molecule has 0 saturated heterocycles. The number of hydrogen-bond acceptors (Lipinski definition) is 6. The van der Waals surface area contributed by atoms with E-state index >= 15 is 0 Å². The molecule has 7 rings (SSSR count). The summed E-state index contributed by atoms with van der Waals surface area (Å²) in [7, 11) is -3.96. The Morgan fingerprint density at radius 3 is 2.78 bits per heavy atom. The summed E-state index contributed by atoms with van der Waals surface area (Å²) in [6.07, 6.45) is 12.5. The lowest BCUT2D eigenvalue weighted by molar-refractivity contribution is -0.0572. The van der Waals surface area contributed by atoms with Crippen LogP contribution in [0.25, 0.3) is 0 Å². The molecule has 2 heterocycles. The number of carbonyl (C=O) groups excluding carboxylic acids is 1. The zero-order valence-electron chi connectivity index (χ0n) is 26.8. The number of fused-ring (bicyclic) bond motifs is 3. The first kappa shape index (κ1) is 31.8. The number of aliphatic hydroxyl groups is 1. The molecule has 7 atom stereocenters. The summed E-state index contributed by atoms with van der Waals surface area (Å²) in [5.41, 5.74) is 2.24. The fourth-order valence-electron chi connectivity index (χ4n) is 9.07. The van der Waals surface area contributed by atoms with Crippen molar-refractivity contribution in [3.63, 3.8) is 0 Å². The molecule has 46 heavy (non-hydrogen) atoms. The third kappa shape index (κ3) is 5.29. The number of halogens is 1. The summed E-state index contributed by atoms with van der Waals surface area (Å²) < 4.78 is 35.7. The van der Waals surface area contributed by atoms with Gasteiger partial charge in [0.15, 0.2) is 0 Å². The molecule has 2 spiro atoms. The van der Waals surface area contributed by atoms with E-state index in [0.29, 0.717) is 44.1 Å². The second-order valence-electron chi connectivity index (χ2n) is 14.8. The standard InChI is InChI=1S/C37H45ClN2O5S/c1-4-5-15-37(42)16-6-8-24(2)25(3)46(43,44)39-34(41)27-10-13-32-31(18-27)40(22-36-20-28(36)19-33(36)37)21-35(23-45-32)14-7-9-26-17-29(38)11-12-30(26)35/h4,6,10-13,16-18,24-25,28,33,42H,1,5,7-9,14-15,19-23H2,2-3H3,(H,39,41)/b16-6+/t24-,25+,28?,33+,35-,36?,37-/m0/s1. The van der Waals surface area contributed by atoms with Crippen molar-refractivity contribution in [3.8, 4) is 5.75 Å². The monoisotopic (exact) mass is 664 g/mol. The zero-order chi connectivity index (χ0) is 32.5. The zero-order valence-corrected chi connectivity index (χ0v) is 28.4. The Morgan fingerprint density at radius 2 is 2.02 bits per heavy atom. The molecule has 2 unspecified atom stereocenters. The second-order valence-corrected chi connectivity index (χ2v) is 17.3. The summed E-state index contributed by atoms with van der Waals surface area (Å²) >= 11 is 6.44. The average molecular weight is 665 g/mol. The molecule has 2 aromatic rings. The third-order valence-electron chi connectivity index (χ3n) is 12.1. The van der Waals surface area contributed by atoms with Crippen LogP contribution in [-0.4, -0.2) is 50.0 Å². The smallest absolute Gasteiger partial charge is 0.264 e. The fourth-order valence-corrected chi connectivity index (χ4v) is 10.5. The van der Waals surface area contributed by atoms with Crippen LogP contribution in [0.5, 0.6) is 5.75 Å². The molecule has 5 aliphatic rings. The number of rotatable bonds is 3. The van der Waals surface area contributed by atoms with Gasteiger partial charge in [-0.3, -0.25) is 4.79 Å². The van der Waals surface area contributed by atoms with Gasteiger partial charge in [-0.2, -0.15) is 0 Å². The van der Waals surface area contributed by atoms with E-state index in [4.69, 9.17) is 16.3 Å². The quantitative estimate of drug-likeness (QED) is 0.360. The maximum Gasteiger partial charge on any atom is 0.264 e. The van der Waals surface area contributed by atoms with Crippen LogP contribution in [0.4, 0.5) is 5.69 Å². The van der Waals surface area contributed by atoms with Crippen molar-refractivity contribution in [1.29, 1.82) is 0 Å². The predicted octanol–water partition coefficient (Wildman–Crippen LogP) is 6.58. The van der Waals surface area contributed by atoms with Crippen LogP contribution in [0.1, 0.15) is 80.3 Å². The highest BCUT2D eigenvalue weighted by molar-refractivity contribution is 7.90. The lowest BCUT2D eigenvalue weighted by atomic mass is 9.62. The second kappa shape index (κ2) is 11.4. The minimum absolute atomic E-state index is 0.0574. The van der Waals surface area contributed by atoms with E-state index in [1.54, 1.807) is 19.1 Å². The molecule has 2 fully saturated rings. The van der Waals surface area contributed by atoms with Gasteiger partial charge in [-0.05, 0) is 123 Å². The van der Waals surface area contributed by atoms with Crippen LogP contribution in [0.2, 0.25) is 5.02 Å². The molecule has 2 aliphatic heterocycles. The van der Waals surface area contributed by atoms with Crippen molar-refractivity contribution < 1.29 is 23.1 Å². The van der Waals surface area contributed by atoms with Crippen molar-refractivity contribution in [2.45, 2.75) is 81.5 Å². The van der Waals surface area contributed by atoms with Crippen molar-refractivity contribution in [1.82, 2.24) is 4.72 Å². The van der Waals surface area contributed by atoms with Gasteiger partial charge in [0.25, 0.3) is 5.91 Å². The van der Waals surface area contributed by atoms with E-state index in [9.17, 15) is 18.3 Å². The summed E-state index contributed by atoms with van der Waals surface area (Å²) in [5, 5.41) is 12.3. The largest absolute Gasteiger partial charge is 0.490 e. The summed E-state index contributed by atoms with van der Waals surface area (Å²) in [6.45, 7) is 9.35. The number of nitrogens with zero attached hydrogens (tertiary/aromatic N) is 1. The van der Waals surface area contributed by atoms with Crippen molar-refractivity contribution in [2.24, 2.45) is 23.2 Å². The number of carbonyl (C=O) groups is 1. The Morgan fingerprint density at radius 1 is 1.20 bits per heavy atom. The van der Waals surface area contributed by atoms with Crippen molar-refractivity contribution in [3.05, 3.63) is 82.9 Å². The lowest BCUT2D eigenvalue weighted by Gasteiger charge is -2.49. The van der Waals surface area contributed by atoms with Crippen LogP contribution < -0.4 is 14.4 Å². The Hall–Kier alpha value is -2.81. The SMILES string of the molecule is C=CCC[C@]1(O)/C=C/C[C@H](C)[C@@H](C)S(=O)(=O)NC(=O)c2ccc3c(c2)N(CC24CC2C[C@H]41)C[C@@]1(CCCc2cc(Cl)ccc21)CO3. The molecule has 2 saturated carbocycles. The van der Waals surface area contributed by atoms with E-state index < -0.39 is 26.8 Å². The number of nitrogens with one attached hydrogen (secondary N) is 1. The molecular weight excluding hydrogens is 620 g/mol. The first-order valence-corrected chi connectivity index (χ1v) is 18.7. The van der Waals surface area contributed by atoms with Gasteiger partial charge < -0.3 is 14.7 Å². The van der Waals surface area contributed by atoms with E-state index in [2.05, 4.69) is 28.3 Å². The van der Waals surface area contributed by atoms with E-state index in [1.807, 2.05) is 37.3 Å². The highest BCUT2D eigenvalue weighted by Crippen LogP contribution is 2.74. The molecule has 2 bridgehead atoms. The Balaban J connectivity index is 1.34. The molecule has 246 valence electrons. The summed E-state index contributed by atoms with van der Waals surface area (Å²) in [5.74, 6) is 0.396. The van der Waals surface area contributed by atoms with Crippen LogP contribution in [0.15, 0.2) is 61.2 Å². The number of hydrogen-bond donors (Lipinski definition) is 2. The van der Waals surface area contributed by atoms with E-state index in [1.165, 1.54) is 11.1 Å². The number of sulfonamides is 1. The summed E-state index contributed by atoms with van der Waals surface area (Å²) in [4.78, 5) is 15.9. The molecular formula is C37H45ClN2O5S. The normalized spacial score (nSPS) is 36.9. The molecule has 2 aromatic carbocycles. The predicted molar refractivity (Wildman–Crippen MR) is 182 cm³/mol. The highest BCUT2D eigenvalue weighted by atomic mass is 35.5. The number of ether oxygens (including phenoxy) is 1. The van der Waals surface area contributed by atoms with Crippen molar-refractivity contribution in [2.75, 3.05) is 24.6 Å². The van der Waals surface area contributed by atoms with Crippen LogP contribution in [0, 0.1) is 23.2 Å². The minimum Gasteiger partial charge on any atom is -0.490 e. The third-order valence-corrected chi connectivity index (χ3v) is 14.2.